The van der Waals surface area contributed by atoms with Gasteiger partial charge in [0, 0.05) is 30.5 Å². The summed E-state index contributed by atoms with van der Waals surface area (Å²) >= 11 is 0. The van der Waals surface area contributed by atoms with Gasteiger partial charge in [-0.3, -0.25) is 4.98 Å². The highest BCUT2D eigenvalue weighted by Gasteiger charge is 2.05. The van der Waals surface area contributed by atoms with Crippen LogP contribution in [0.5, 0.6) is 0 Å². The molecular weight excluding hydrogens is 172 g/mol. The van der Waals surface area contributed by atoms with Gasteiger partial charge >= 0.3 is 0 Å². The summed E-state index contributed by atoms with van der Waals surface area (Å²) in [4.78, 5) is 4.04. The zero-order valence-corrected chi connectivity index (χ0v) is 8.75. The number of aromatic nitrogens is 1. The van der Waals surface area contributed by atoms with E-state index in [1.165, 1.54) is 0 Å². The third-order valence-corrected chi connectivity index (χ3v) is 2.24. The highest BCUT2D eigenvalue weighted by Crippen LogP contribution is 2.14. The Morgan fingerprint density at radius 3 is 3.00 bits per heavy atom. The average Bonchev–Trinajstić information content (AvgIpc) is 2.20. The van der Waals surface area contributed by atoms with Gasteiger partial charge < -0.3 is 5.32 Å². The number of aryl methyl sites for hydroxylation is 1. The van der Waals surface area contributed by atoms with Crippen LogP contribution in [0.4, 0.5) is 5.69 Å². The maximum atomic E-state index is 5.29. The van der Waals surface area contributed by atoms with Crippen molar-refractivity contribution in [2.75, 3.05) is 5.32 Å². The second-order valence-corrected chi connectivity index (χ2v) is 3.35. The minimum atomic E-state index is 0.362. The predicted molar refractivity (Wildman–Crippen MR) is 60.1 cm³/mol. The van der Waals surface area contributed by atoms with Crippen LogP contribution < -0.4 is 5.32 Å². The molecule has 0 saturated carbocycles. The molecule has 0 fully saturated rings. The summed E-state index contributed by atoms with van der Waals surface area (Å²) in [5.74, 6) is 2.68. The summed E-state index contributed by atoms with van der Waals surface area (Å²) in [6, 6.07) is 2.34. The summed E-state index contributed by atoms with van der Waals surface area (Å²) in [6.07, 6.45) is 10.7. The minimum absolute atomic E-state index is 0.362. The molecule has 1 atom stereocenters. The van der Waals surface area contributed by atoms with Crippen LogP contribution in [-0.4, -0.2) is 11.0 Å². The van der Waals surface area contributed by atoms with Gasteiger partial charge in [-0.05, 0) is 25.0 Å². The van der Waals surface area contributed by atoms with Crippen LogP contribution in [0.15, 0.2) is 18.5 Å². The number of rotatable bonds is 4. The van der Waals surface area contributed by atoms with Gasteiger partial charge in [-0.15, -0.1) is 12.3 Å². The van der Waals surface area contributed by atoms with Gasteiger partial charge in [-0.1, -0.05) is 6.92 Å². The standard InChI is InChI=1S/C12H16N2/c1-4-6-11(5-2)14-12-7-8-13-9-10(12)3/h1,7-9,11H,5-6H2,2-3H3,(H,13,14). The van der Waals surface area contributed by atoms with Gasteiger partial charge in [0.25, 0.3) is 0 Å². The van der Waals surface area contributed by atoms with Gasteiger partial charge in [0.15, 0.2) is 0 Å². The lowest BCUT2D eigenvalue weighted by Crippen LogP contribution is -2.18. The second kappa shape index (κ2) is 5.29. The molecule has 2 heteroatoms. The Morgan fingerprint density at radius 2 is 2.43 bits per heavy atom. The van der Waals surface area contributed by atoms with E-state index in [9.17, 15) is 0 Å². The monoisotopic (exact) mass is 188 g/mol. The zero-order chi connectivity index (χ0) is 10.4. The van der Waals surface area contributed by atoms with Crippen molar-refractivity contribution in [3.05, 3.63) is 24.0 Å². The largest absolute Gasteiger partial charge is 0.381 e. The van der Waals surface area contributed by atoms with E-state index in [1.807, 2.05) is 19.2 Å². The van der Waals surface area contributed by atoms with Gasteiger partial charge in [-0.2, -0.15) is 0 Å². The minimum Gasteiger partial charge on any atom is -0.381 e. The lowest BCUT2D eigenvalue weighted by Gasteiger charge is -2.16. The maximum Gasteiger partial charge on any atom is 0.0403 e. The van der Waals surface area contributed by atoms with Crippen molar-refractivity contribution in [3.63, 3.8) is 0 Å². The van der Waals surface area contributed by atoms with E-state index in [2.05, 4.69) is 23.1 Å². The summed E-state index contributed by atoms with van der Waals surface area (Å²) in [7, 11) is 0. The van der Waals surface area contributed by atoms with E-state index in [0.717, 1.165) is 24.1 Å². The Morgan fingerprint density at radius 1 is 1.64 bits per heavy atom. The molecular formula is C12H16N2. The van der Waals surface area contributed by atoms with Gasteiger partial charge in [-0.25, -0.2) is 0 Å². The first-order chi connectivity index (χ1) is 6.77. The lowest BCUT2D eigenvalue weighted by molar-refractivity contribution is 0.714. The fourth-order valence-electron chi connectivity index (χ4n) is 1.29. The van der Waals surface area contributed by atoms with Crippen LogP contribution in [0.2, 0.25) is 0 Å². The molecule has 2 nitrogen and oxygen atoms in total. The molecule has 14 heavy (non-hydrogen) atoms. The fourth-order valence-corrected chi connectivity index (χ4v) is 1.29. The van der Waals surface area contributed by atoms with E-state index >= 15 is 0 Å². The normalized spacial score (nSPS) is 11.8. The van der Waals surface area contributed by atoms with Crippen molar-refractivity contribution < 1.29 is 0 Å². The molecule has 0 aliphatic carbocycles. The van der Waals surface area contributed by atoms with E-state index in [1.54, 1.807) is 6.20 Å². The van der Waals surface area contributed by atoms with Crippen LogP contribution in [0.3, 0.4) is 0 Å². The number of nitrogens with one attached hydrogen (secondary N) is 1. The first kappa shape index (κ1) is 10.6. The molecule has 0 amide bonds. The molecule has 0 aliphatic heterocycles. The quantitative estimate of drug-likeness (QED) is 0.735. The molecule has 0 radical (unpaired) electrons. The van der Waals surface area contributed by atoms with Gasteiger partial charge in [0.1, 0.15) is 0 Å². The Hall–Kier alpha value is -1.49. The third-order valence-electron chi connectivity index (χ3n) is 2.24. The SMILES string of the molecule is C#CCC(CC)Nc1ccncc1C. The molecule has 1 aromatic heterocycles. The number of nitrogens with zero attached hydrogens (tertiary/aromatic N) is 1. The highest BCUT2D eigenvalue weighted by atomic mass is 14.9. The van der Waals surface area contributed by atoms with Gasteiger partial charge in [0.2, 0.25) is 0 Å². The molecule has 0 saturated heterocycles. The second-order valence-electron chi connectivity index (χ2n) is 3.35. The van der Waals surface area contributed by atoms with Crippen LogP contribution in [-0.2, 0) is 0 Å². The van der Waals surface area contributed by atoms with Crippen molar-refractivity contribution in [1.29, 1.82) is 0 Å². The summed E-state index contributed by atoms with van der Waals surface area (Å²) in [5, 5.41) is 3.42. The first-order valence-electron chi connectivity index (χ1n) is 4.88. The van der Waals surface area contributed by atoms with Crippen LogP contribution in [0.25, 0.3) is 0 Å². The summed E-state index contributed by atoms with van der Waals surface area (Å²) in [6.45, 7) is 4.17. The van der Waals surface area contributed by atoms with E-state index < -0.39 is 0 Å². The number of terminal acetylenes is 1. The number of hydrogen-bond acceptors (Lipinski definition) is 2. The fraction of sp³-hybridized carbons (Fsp3) is 0.417. The van der Waals surface area contributed by atoms with Crippen LogP contribution >= 0.6 is 0 Å². The van der Waals surface area contributed by atoms with E-state index in [0.29, 0.717) is 6.04 Å². The zero-order valence-electron chi connectivity index (χ0n) is 8.75. The third kappa shape index (κ3) is 2.77. The Bertz CT molecular complexity index is 325. The highest BCUT2D eigenvalue weighted by molar-refractivity contribution is 5.49. The molecule has 0 aromatic carbocycles. The molecule has 1 N–H and O–H groups in total. The Kier molecular flexibility index (Phi) is 4.00. The molecule has 1 unspecified atom stereocenters. The molecule has 74 valence electrons. The Labute approximate surface area is 85.8 Å². The molecule has 0 aliphatic rings. The van der Waals surface area contributed by atoms with Gasteiger partial charge in [0.05, 0.1) is 0 Å². The number of pyridine rings is 1. The topological polar surface area (TPSA) is 24.9 Å². The average molecular weight is 188 g/mol. The molecule has 1 heterocycles. The van der Waals surface area contributed by atoms with Crippen molar-refractivity contribution >= 4 is 5.69 Å². The number of anilines is 1. The predicted octanol–water partition coefficient (Wildman–Crippen LogP) is 2.60. The first-order valence-corrected chi connectivity index (χ1v) is 4.88. The van der Waals surface area contributed by atoms with E-state index in [4.69, 9.17) is 6.42 Å². The molecule has 0 bridgehead atoms. The van der Waals surface area contributed by atoms with Crippen molar-refractivity contribution in [2.24, 2.45) is 0 Å². The summed E-state index contributed by atoms with van der Waals surface area (Å²) in [5.41, 5.74) is 2.28. The molecule has 1 rings (SSSR count). The van der Waals surface area contributed by atoms with Crippen molar-refractivity contribution in [1.82, 2.24) is 4.98 Å². The molecule has 1 aromatic rings. The summed E-state index contributed by atoms with van der Waals surface area (Å²) < 4.78 is 0. The van der Waals surface area contributed by atoms with Crippen LogP contribution in [0.1, 0.15) is 25.3 Å². The lowest BCUT2D eigenvalue weighted by atomic mass is 10.1. The van der Waals surface area contributed by atoms with E-state index in [-0.39, 0.29) is 0 Å². The van der Waals surface area contributed by atoms with Crippen molar-refractivity contribution in [3.8, 4) is 12.3 Å². The van der Waals surface area contributed by atoms with Crippen LogP contribution in [0, 0.1) is 19.3 Å². The van der Waals surface area contributed by atoms with Crippen molar-refractivity contribution in [2.45, 2.75) is 32.7 Å². The maximum absolute atomic E-state index is 5.29. The number of hydrogen-bond donors (Lipinski definition) is 1. The molecule has 0 spiro atoms. The Balaban J connectivity index is 2.68. The smallest absolute Gasteiger partial charge is 0.0403 e.